The van der Waals surface area contributed by atoms with Crippen LogP contribution in [0, 0.1) is 6.92 Å². The molecule has 1 aliphatic heterocycles. The molecule has 2 rings (SSSR count). The average molecular weight is 317 g/mol. The van der Waals surface area contributed by atoms with Gasteiger partial charge in [0.05, 0.1) is 10.5 Å². The third-order valence-corrected chi connectivity index (χ3v) is 6.59. The molecule has 8 heteroatoms. The van der Waals surface area contributed by atoms with Gasteiger partial charge in [-0.25, -0.2) is 13.2 Å². The molecule has 1 fully saturated rings. The maximum atomic E-state index is 12.5. The molecular formula is C12H15NO5S2. The minimum atomic E-state index is -3.74. The van der Waals surface area contributed by atoms with Crippen molar-refractivity contribution < 1.29 is 22.5 Å². The zero-order valence-corrected chi connectivity index (χ0v) is 12.5. The molecule has 1 heterocycles. The highest BCUT2D eigenvalue weighted by atomic mass is 32.2. The molecule has 0 saturated carbocycles. The van der Waals surface area contributed by atoms with Crippen molar-refractivity contribution in [3.63, 3.8) is 0 Å². The fourth-order valence-corrected chi connectivity index (χ4v) is 5.10. The second kappa shape index (κ2) is 5.63. The van der Waals surface area contributed by atoms with Gasteiger partial charge in [-0.15, -0.1) is 0 Å². The Labute approximate surface area is 119 Å². The van der Waals surface area contributed by atoms with Crippen molar-refractivity contribution in [3.05, 3.63) is 29.3 Å². The van der Waals surface area contributed by atoms with Gasteiger partial charge in [0.2, 0.25) is 10.0 Å². The van der Waals surface area contributed by atoms with Crippen LogP contribution in [0.1, 0.15) is 15.9 Å². The lowest BCUT2D eigenvalue weighted by Gasteiger charge is -2.26. The molecule has 0 aliphatic carbocycles. The number of carboxylic acid groups (broad SMARTS) is 1. The van der Waals surface area contributed by atoms with Crippen LogP contribution in [0.4, 0.5) is 0 Å². The monoisotopic (exact) mass is 317 g/mol. The predicted octanol–water partition coefficient (Wildman–Crippen LogP) is 0.446. The van der Waals surface area contributed by atoms with E-state index in [1.807, 2.05) is 0 Å². The molecule has 0 atom stereocenters. The SMILES string of the molecule is Cc1c(C(=O)O)cccc1S(=O)(=O)N1CCS(=O)CC1. The molecule has 0 spiro atoms. The van der Waals surface area contributed by atoms with Crippen molar-refractivity contribution in [1.82, 2.24) is 4.31 Å². The minimum absolute atomic E-state index is 0.00471. The second-order valence-electron chi connectivity index (χ2n) is 4.49. The Hall–Kier alpha value is -1.25. The van der Waals surface area contributed by atoms with Crippen LogP contribution in [0.15, 0.2) is 23.1 Å². The molecule has 0 amide bonds. The first-order valence-corrected chi connectivity index (χ1v) is 8.95. The molecule has 0 aromatic heterocycles. The number of hydrogen-bond acceptors (Lipinski definition) is 4. The number of rotatable bonds is 3. The lowest BCUT2D eigenvalue weighted by molar-refractivity contribution is 0.0696. The summed E-state index contributed by atoms with van der Waals surface area (Å²) in [6.45, 7) is 1.88. The van der Waals surface area contributed by atoms with E-state index >= 15 is 0 Å². The topological polar surface area (TPSA) is 91.8 Å². The fourth-order valence-electron chi connectivity index (χ4n) is 2.13. The Kier molecular flexibility index (Phi) is 4.26. The number of carbonyl (C=O) groups is 1. The van der Waals surface area contributed by atoms with Gasteiger partial charge < -0.3 is 5.11 Å². The van der Waals surface area contributed by atoms with Crippen molar-refractivity contribution in [1.29, 1.82) is 0 Å². The van der Waals surface area contributed by atoms with Crippen LogP contribution in [-0.2, 0) is 20.8 Å². The first-order chi connectivity index (χ1) is 9.34. The van der Waals surface area contributed by atoms with Crippen molar-refractivity contribution in [3.8, 4) is 0 Å². The van der Waals surface area contributed by atoms with Crippen LogP contribution in [0.25, 0.3) is 0 Å². The maximum Gasteiger partial charge on any atom is 0.335 e. The number of nitrogens with zero attached hydrogens (tertiary/aromatic N) is 1. The summed E-state index contributed by atoms with van der Waals surface area (Å²) in [5.74, 6) is -0.521. The summed E-state index contributed by atoms with van der Waals surface area (Å²) in [4.78, 5) is 11.1. The third-order valence-electron chi connectivity index (χ3n) is 3.27. The normalized spacial score (nSPS) is 18.1. The van der Waals surface area contributed by atoms with Gasteiger partial charge in [0.15, 0.2) is 0 Å². The Morgan fingerprint density at radius 2 is 1.90 bits per heavy atom. The van der Waals surface area contributed by atoms with Crippen LogP contribution in [0.3, 0.4) is 0 Å². The van der Waals surface area contributed by atoms with E-state index in [4.69, 9.17) is 5.11 Å². The number of sulfonamides is 1. The van der Waals surface area contributed by atoms with Gasteiger partial charge in [0.1, 0.15) is 0 Å². The second-order valence-corrected chi connectivity index (χ2v) is 8.09. The van der Waals surface area contributed by atoms with Crippen LogP contribution in [0.5, 0.6) is 0 Å². The van der Waals surface area contributed by atoms with E-state index in [9.17, 15) is 17.4 Å². The average Bonchev–Trinajstić information content (AvgIpc) is 2.38. The van der Waals surface area contributed by atoms with E-state index in [0.29, 0.717) is 11.5 Å². The molecule has 110 valence electrons. The molecule has 1 aromatic rings. The lowest BCUT2D eigenvalue weighted by Crippen LogP contribution is -2.42. The highest BCUT2D eigenvalue weighted by Crippen LogP contribution is 2.23. The van der Waals surface area contributed by atoms with E-state index in [2.05, 4.69) is 0 Å². The van der Waals surface area contributed by atoms with Crippen LogP contribution < -0.4 is 0 Å². The van der Waals surface area contributed by atoms with Gasteiger partial charge in [0.25, 0.3) is 0 Å². The van der Waals surface area contributed by atoms with Crippen molar-refractivity contribution in [2.75, 3.05) is 24.6 Å². The molecular weight excluding hydrogens is 302 g/mol. The van der Waals surface area contributed by atoms with E-state index in [-0.39, 0.29) is 29.1 Å². The quantitative estimate of drug-likeness (QED) is 0.873. The zero-order valence-electron chi connectivity index (χ0n) is 10.9. The van der Waals surface area contributed by atoms with E-state index in [0.717, 1.165) is 0 Å². The molecule has 6 nitrogen and oxygen atoms in total. The highest BCUT2D eigenvalue weighted by Gasteiger charge is 2.30. The summed E-state index contributed by atoms with van der Waals surface area (Å²) in [7, 11) is -4.71. The largest absolute Gasteiger partial charge is 0.478 e. The molecule has 1 aromatic carbocycles. The number of hydrogen-bond donors (Lipinski definition) is 1. The van der Waals surface area contributed by atoms with Crippen LogP contribution in [0.2, 0.25) is 0 Å². The van der Waals surface area contributed by atoms with Crippen molar-refractivity contribution in [2.45, 2.75) is 11.8 Å². The first kappa shape index (κ1) is 15.1. The van der Waals surface area contributed by atoms with Gasteiger partial charge in [-0.2, -0.15) is 4.31 Å². The fraction of sp³-hybridized carbons (Fsp3) is 0.417. The standard InChI is InChI=1S/C12H15NO5S2/c1-9-10(12(14)15)3-2-4-11(9)20(17,18)13-5-7-19(16)8-6-13/h2-4H,5-8H2,1H3,(H,14,15). The van der Waals surface area contributed by atoms with E-state index in [1.54, 1.807) is 0 Å². The molecule has 0 unspecified atom stereocenters. The summed E-state index contributed by atoms with van der Waals surface area (Å²) in [6.07, 6.45) is 0. The van der Waals surface area contributed by atoms with Crippen molar-refractivity contribution >= 4 is 26.8 Å². The van der Waals surface area contributed by atoms with Gasteiger partial charge in [-0.1, -0.05) is 6.07 Å². The summed E-state index contributed by atoms with van der Waals surface area (Å²) in [5.41, 5.74) is 0.207. The smallest absolute Gasteiger partial charge is 0.335 e. The first-order valence-electron chi connectivity index (χ1n) is 6.02. The molecule has 0 radical (unpaired) electrons. The molecule has 0 bridgehead atoms. The number of carboxylic acids is 1. The maximum absolute atomic E-state index is 12.5. The van der Waals surface area contributed by atoms with E-state index in [1.165, 1.54) is 29.4 Å². The Bertz CT molecular complexity index is 658. The number of aromatic carboxylic acids is 1. The zero-order chi connectivity index (χ0) is 14.9. The molecule has 1 aliphatic rings. The molecule has 1 saturated heterocycles. The molecule has 1 N–H and O–H groups in total. The predicted molar refractivity (Wildman–Crippen MR) is 74.8 cm³/mol. The van der Waals surface area contributed by atoms with Crippen molar-refractivity contribution in [2.24, 2.45) is 0 Å². The lowest BCUT2D eigenvalue weighted by atomic mass is 10.1. The summed E-state index contributed by atoms with van der Waals surface area (Å²) in [6, 6.07) is 4.20. The molecule has 20 heavy (non-hydrogen) atoms. The number of benzene rings is 1. The van der Waals surface area contributed by atoms with Gasteiger partial charge in [-0.05, 0) is 24.6 Å². The van der Waals surface area contributed by atoms with Crippen LogP contribution in [-0.4, -0.2) is 52.6 Å². The highest BCUT2D eigenvalue weighted by molar-refractivity contribution is 7.89. The Balaban J connectivity index is 2.42. The Morgan fingerprint density at radius 1 is 1.30 bits per heavy atom. The van der Waals surface area contributed by atoms with Crippen LogP contribution >= 0.6 is 0 Å². The van der Waals surface area contributed by atoms with Gasteiger partial charge in [-0.3, -0.25) is 4.21 Å². The summed E-state index contributed by atoms with van der Waals surface area (Å²) >= 11 is 0. The van der Waals surface area contributed by atoms with Gasteiger partial charge >= 0.3 is 5.97 Å². The minimum Gasteiger partial charge on any atom is -0.478 e. The Morgan fingerprint density at radius 3 is 2.45 bits per heavy atom. The van der Waals surface area contributed by atoms with E-state index < -0.39 is 26.8 Å². The summed E-state index contributed by atoms with van der Waals surface area (Å²) in [5, 5.41) is 9.05. The third kappa shape index (κ3) is 2.77. The van der Waals surface area contributed by atoms with Gasteiger partial charge in [0, 0.05) is 35.4 Å². The summed E-state index contributed by atoms with van der Waals surface area (Å²) < 4.78 is 37.6.